The van der Waals surface area contributed by atoms with Crippen LogP contribution in [0.25, 0.3) is 22.2 Å². The molecule has 5 nitrogen and oxygen atoms in total. The van der Waals surface area contributed by atoms with Gasteiger partial charge in [0.05, 0.1) is 5.56 Å². The zero-order valence-electron chi connectivity index (χ0n) is 18.1. The lowest BCUT2D eigenvalue weighted by atomic mass is 10.0. The third-order valence-corrected chi connectivity index (χ3v) is 6.72. The number of hydrogen-bond donors (Lipinski definition) is 0. The van der Waals surface area contributed by atoms with E-state index in [2.05, 4.69) is 57.2 Å². The highest BCUT2D eigenvalue weighted by molar-refractivity contribution is 9.10. The van der Waals surface area contributed by atoms with E-state index in [1.807, 2.05) is 49.3 Å². The molecule has 0 saturated carbocycles. The molecule has 32 heavy (non-hydrogen) atoms. The molecule has 0 radical (unpaired) electrons. The van der Waals surface area contributed by atoms with E-state index in [-0.39, 0.29) is 11.9 Å². The molecule has 4 aromatic rings. The first kappa shape index (κ1) is 20.8. The topological polar surface area (TPSA) is 49.6 Å². The number of anilines is 1. The van der Waals surface area contributed by atoms with Crippen molar-refractivity contribution < 1.29 is 9.21 Å². The standard InChI is InChI=1S/C26H24BrN3O2/c1-29(2)19-12-9-17(10-13-19)18-11-14-24-22(16-18)28-25(32-24)23-8-5-15-30(23)26(31)20-6-3-4-7-21(20)27/h3-4,6-7,9-14,16,23H,5,8,15H2,1-2H3/t23-/m1/s1. The number of carbonyl (C=O) groups excluding carboxylic acids is 1. The maximum Gasteiger partial charge on any atom is 0.255 e. The minimum absolute atomic E-state index is 0.00361. The van der Waals surface area contributed by atoms with Crippen LogP contribution in [-0.4, -0.2) is 36.4 Å². The summed E-state index contributed by atoms with van der Waals surface area (Å²) < 4.78 is 6.92. The van der Waals surface area contributed by atoms with Crippen molar-refractivity contribution in [2.24, 2.45) is 0 Å². The molecule has 1 aliphatic heterocycles. The van der Waals surface area contributed by atoms with Gasteiger partial charge in [0, 0.05) is 30.8 Å². The third-order valence-electron chi connectivity index (χ3n) is 6.02. The van der Waals surface area contributed by atoms with Gasteiger partial charge in [0.1, 0.15) is 11.6 Å². The summed E-state index contributed by atoms with van der Waals surface area (Å²) in [6.07, 6.45) is 1.78. The van der Waals surface area contributed by atoms with Gasteiger partial charge in [-0.2, -0.15) is 0 Å². The summed E-state index contributed by atoms with van der Waals surface area (Å²) in [5.74, 6) is 0.613. The van der Waals surface area contributed by atoms with Gasteiger partial charge in [-0.1, -0.05) is 30.3 Å². The van der Waals surface area contributed by atoms with Gasteiger partial charge in [-0.3, -0.25) is 4.79 Å². The molecule has 3 aromatic carbocycles. The molecule has 0 bridgehead atoms. The molecule has 162 valence electrons. The number of likely N-dealkylation sites (tertiary alicyclic amines) is 1. The Kier molecular flexibility index (Phi) is 5.47. The van der Waals surface area contributed by atoms with Gasteiger partial charge in [-0.05, 0) is 76.3 Å². The highest BCUT2D eigenvalue weighted by Crippen LogP contribution is 2.36. The van der Waals surface area contributed by atoms with Crippen LogP contribution in [0.5, 0.6) is 0 Å². The van der Waals surface area contributed by atoms with E-state index in [1.165, 1.54) is 0 Å². The number of oxazole rings is 1. The summed E-state index contributed by atoms with van der Waals surface area (Å²) in [7, 11) is 4.07. The second-order valence-electron chi connectivity index (χ2n) is 8.31. The molecule has 0 N–H and O–H groups in total. The molecule has 6 heteroatoms. The summed E-state index contributed by atoms with van der Waals surface area (Å²) in [5.41, 5.74) is 5.61. The summed E-state index contributed by atoms with van der Waals surface area (Å²) in [6.45, 7) is 0.701. The number of rotatable bonds is 4. The van der Waals surface area contributed by atoms with Crippen LogP contribution < -0.4 is 4.90 Å². The molecule has 1 fully saturated rings. The first-order chi connectivity index (χ1) is 15.5. The molecule has 0 unspecified atom stereocenters. The van der Waals surface area contributed by atoms with Gasteiger partial charge < -0.3 is 14.2 Å². The predicted octanol–water partition coefficient (Wildman–Crippen LogP) is 6.30. The van der Waals surface area contributed by atoms with Gasteiger partial charge in [0.15, 0.2) is 5.58 Å². The van der Waals surface area contributed by atoms with Crippen molar-refractivity contribution in [3.8, 4) is 11.1 Å². The Morgan fingerprint density at radius 1 is 1.06 bits per heavy atom. The highest BCUT2D eigenvalue weighted by Gasteiger charge is 2.34. The van der Waals surface area contributed by atoms with Crippen molar-refractivity contribution in [1.29, 1.82) is 0 Å². The SMILES string of the molecule is CN(C)c1ccc(-c2ccc3oc([C@H]4CCCN4C(=O)c4ccccc4Br)nc3c2)cc1. The number of fused-ring (bicyclic) bond motifs is 1. The lowest BCUT2D eigenvalue weighted by molar-refractivity contribution is 0.0716. The zero-order chi connectivity index (χ0) is 22.2. The number of benzene rings is 3. The molecule has 0 spiro atoms. The van der Waals surface area contributed by atoms with Crippen molar-refractivity contribution in [2.75, 3.05) is 25.5 Å². The zero-order valence-corrected chi connectivity index (χ0v) is 19.7. The molecule has 1 amide bonds. The normalized spacial score (nSPS) is 16.0. The molecule has 5 rings (SSSR count). The van der Waals surface area contributed by atoms with E-state index in [1.54, 1.807) is 0 Å². The average Bonchev–Trinajstić information content (AvgIpc) is 3.45. The van der Waals surface area contributed by atoms with E-state index >= 15 is 0 Å². The lowest BCUT2D eigenvalue weighted by Gasteiger charge is -2.22. The van der Waals surface area contributed by atoms with E-state index in [9.17, 15) is 4.79 Å². The Morgan fingerprint density at radius 3 is 2.56 bits per heavy atom. The Hall–Kier alpha value is -3.12. The Morgan fingerprint density at radius 2 is 1.81 bits per heavy atom. The molecule has 1 aliphatic rings. The summed E-state index contributed by atoms with van der Waals surface area (Å²) in [5, 5.41) is 0. The number of hydrogen-bond acceptors (Lipinski definition) is 4. The van der Waals surface area contributed by atoms with Gasteiger partial charge in [0.25, 0.3) is 5.91 Å². The lowest BCUT2D eigenvalue weighted by Crippen LogP contribution is -2.30. The first-order valence-electron chi connectivity index (χ1n) is 10.7. The van der Waals surface area contributed by atoms with Gasteiger partial charge in [0.2, 0.25) is 5.89 Å². The van der Waals surface area contributed by atoms with Gasteiger partial charge in [-0.15, -0.1) is 0 Å². The maximum absolute atomic E-state index is 13.2. The van der Waals surface area contributed by atoms with Crippen molar-refractivity contribution >= 4 is 38.6 Å². The maximum atomic E-state index is 13.2. The van der Waals surface area contributed by atoms with Crippen LogP contribution in [0.4, 0.5) is 5.69 Å². The molecule has 1 aromatic heterocycles. The minimum Gasteiger partial charge on any atom is -0.438 e. The largest absolute Gasteiger partial charge is 0.438 e. The number of amides is 1. The highest BCUT2D eigenvalue weighted by atomic mass is 79.9. The summed E-state index contributed by atoms with van der Waals surface area (Å²) in [6, 6.07) is 21.9. The van der Waals surface area contributed by atoms with Crippen molar-refractivity contribution in [3.05, 3.63) is 82.7 Å². The minimum atomic E-state index is -0.148. The second-order valence-corrected chi connectivity index (χ2v) is 9.17. The van der Waals surface area contributed by atoms with E-state index in [0.717, 1.165) is 45.2 Å². The van der Waals surface area contributed by atoms with E-state index in [0.29, 0.717) is 18.0 Å². The van der Waals surface area contributed by atoms with E-state index < -0.39 is 0 Å². The van der Waals surface area contributed by atoms with Crippen LogP contribution in [0.3, 0.4) is 0 Å². The van der Waals surface area contributed by atoms with Gasteiger partial charge in [-0.25, -0.2) is 4.98 Å². The molecule has 1 saturated heterocycles. The fraction of sp³-hybridized carbons (Fsp3) is 0.231. The van der Waals surface area contributed by atoms with Crippen LogP contribution in [0.15, 0.2) is 75.6 Å². The summed E-state index contributed by atoms with van der Waals surface area (Å²) >= 11 is 3.50. The second kappa shape index (κ2) is 8.43. The van der Waals surface area contributed by atoms with Crippen LogP contribution in [0.2, 0.25) is 0 Å². The Balaban J connectivity index is 1.44. The van der Waals surface area contributed by atoms with Crippen LogP contribution in [0, 0.1) is 0 Å². The van der Waals surface area contributed by atoms with Crippen molar-refractivity contribution in [1.82, 2.24) is 9.88 Å². The van der Waals surface area contributed by atoms with Crippen LogP contribution >= 0.6 is 15.9 Å². The van der Waals surface area contributed by atoms with Gasteiger partial charge >= 0.3 is 0 Å². The molecular weight excluding hydrogens is 466 g/mol. The number of nitrogens with zero attached hydrogens (tertiary/aromatic N) is 3. The Labute approximate surface area is 195 Å². The quantitative estimate of drug-likeness (QED) is 0.337. The van der Waals surface area contributed by atoms with Crippen molar-refractivity contribution in [2.45, 2.75) is 18.9 Å². The smallest absolute Gasteiger partial charge is 0.255 e. The first-order valence-corrected chi connectivity index (χ1v) is 11.5. The number of halogens is 1. The number of aromatic nitrogens is 1. The average molecular weight is 490 g/mol. The molecule has 0 aliphatic carbocycles. The predicted molar refractivity (Wildman–Crippen MR) is 131 cm³/mol. The summed E-state index contributed by atoms with van der Waals surface area (Å²) in [4.78, 5) is 22.0. The molecule has 2 heterocycles. The van der Waals surface area contributed by atoms with E-state index in [4.69, 9.17) is 9.40 Å². The van der Waals surface area contributed by atoms with Crippen molar-refractivity contribution in [3.63, 3.8) is 0 Å². The number of carbonyl (C=O) groups is 1. The monoisotopic (exact) mass is 489 g/mol. The fourth-order valence-corrected chi connectivity index (χ4v) is 4.73. The molecule has 1 atom stereocenters. The van der Waals surface area contributed by atoms with Crippen LogP contribution in [-0.2, 0) is 0 Å². The third kappa shape index (κ3) is 3.79. The van der Waals surface area contributed by atoms with Crippen LogP contribution in [0.1, 0.15) is 35.1 Å². The fourth-order valence-electron chi connectivity index (χ4n) is 4.28. The molecular formula is C26H24BrN3O2. The Bertz CT molecular complexity index is 1280.